The van der Waals surface area contributed by atoms with Crippen molar-refractivity contribution in [2.75, 3.05) is 21.3 Å². The van der Waals surface area contributed by atoms with E-state index in [4.69, 9.17) is 21.1 Å². The maximum Gasteiger partial charge on any atom is 0.338 e. The van der Waals surface area contributed by atoms with Crippen LogP contribution in [-0.2, 0) is 4.74 Å². The third-order valence-corrected chi connectivity index (χ3v) is 2.53. The zero-order valence-electron chi connectivity index (χ0n) is 9.59. The van der Waals surface area contributed by atoms with E-state index in [9.17, 15) is 4.79 Å². The molecule has 0 aliphatic heterocycles. The third-order valence-electron chi connectivity index (χ3n) is 2.25. The van der Waals surface area contributed by atoms with E-state index in [2.05, 4.69) is 4.74 Å². The lowest BCUT2D eigenvalue weighted by molar-refractivity contribution is 0.0599. The number of rotatable bonds is 3. The minimum atomic E-state index is -0.458. The summed E-state index contributed by atoms with van der Waals surface area (Å²) in [6.45, 7) is 1.74. The minimum Gasteiger partial charge on any atom is -0.493 e. The van der Waals surface area contributed by atoms with Crippen molar-refractivity contribution in [1.29, 1.82) is 0 Å². The first-order chi connectivity index (χ1) is 7.56. The summed E-state index contributed by atoms with van der Waals surface area (Å²) in [5.41, 5.74) is 1.00. The van der Waals surface area contributed by atoms with E-state index in [1.54, 1.807) is 6.92 Å². The molecule has 0 saturated carbocycles. The Morgan fingerprint density at radius 1 is 1.19 bits per heavy atom. The van der Waals surface area contributed by atoms with Crippen LogP contribution in [0, 0.1) is 6.92 Å². The molecular formula is C11H13ClO4. The van der Waals surface area contributed by atoms with Gasteiger partial charge in [0.05, 0.1) is 31.9 Å². The van der Waals surface area contributed by atoms with Crippen LogP contribution in [0.5, 0.6) is 11.5 Å². The number of ether oxygens (including phenoxy) is 3. The Morgan fingerprint density at radius 2 is 1.75 bits per heavy atom. The van der Waals surface area contributed by atoms with Gasteiger partial charge in [0.1, 0.15) is 0 Å². The maximum absolute atomic E-state index is 11.5. The first kappa shape index (κ1) is 12.6. The van der Waals surface area contributed by atoms with Crippen LogP contribution in [0.25, 0.3) is 0 Å². The topological polar surface area (TPSA) is 44.8 Å². The maximum atomic E-state index is 11.5. The van der Waals surface area contributed by atoms with Crippen LogP contribution in [0.1, 0.15) is 15.9 Å². The molecule has 0 unspecified atom stereocenters. The number of hydrogen-bond donors (Lipinski definition) is 0. The lowest BCUT2D eigenvalue weighted by Gasteiger charge is -2.14. The van der Waals surface area contributed by atoms with Crippen LogP contribution >= 0.6 is 11.6 Å². The number of methoxy groups -OCH3 is 3. The molecule has 1 aromatic rings. The minimum absolute atomic E-state index is 0.311. The molecule has 0 N–H and O–H groups in total. The summed E-state index contributed by atoms with van der Waals surface area (Å²) in [5.74, 6) is 0.394. The number of esters is 1. The molecular weight excluding hydrogens is 232 g/mol. The summed E-state index contributed by atoms with van der Waals surface area (Å²) in [4.78, 5) is 11.5. The molecule has 5 heteroatoms. The molecule has 0 heterocycles. The van der Waals surface area contributed by atoms with Gasteiger partial charge in [0.15, 0.2) is 11.5 Å². The molecule has 0 amide bonds. The van der Waals surface area contributed by atoms with Crippen molar-refractivity contribution >= 4 is 17.6 Å². The van der Waals surface area contributed by atoms with Gasteiger partial charge in [0, 0.05) is 5.56 Å². The Labute approximate surface area is 99.1 Å². The molecule has 1 rings (SSSR count). The van der Waals surface area contributed by atoms with Crippen molar-refractivity contribution in [3.63, 3.8) is 0 Å². The van der Waals surface area contributed by atoms with Crippen molar-refractivity contribution in [2.45, 2.75) is 6.92 Å². The van der Waals surface area contributed by atoms with Crippen LogP contribution < -0.4 is 9.47 Å². The standard InChI is InChI=1S/C11H13ClO4/c1-6-7(11(13)16-4)5-8(12)10(15-3)9(6)14-2/h5H,1-4H3. The van der Waals surface area contributed by atoms with E-state index in [0.717, 1.165) is 0 Å². The lowest BCUT2D eigenvalue weighted by Crippen LogP contribution is -2.06. The third kappa shape index (κ3) is 2.07. The van der Waals surface area contributed by atoms with Gasteiger partial charge in [-0.25, -0.2) is 4.79 Å². The average molecular weight is 245 g/mol. The summed E-state index contributed by atoms with van der Waals surface area (Å²) >= 11 is 5.97. The van der Waals surface area contributed by atoms with Gasteiger partial charge in [0.25, 0.3) is 0 Å². The van der Waals surface area contributed by atoms with Gasteiger partial charge in [-0.2, -0.15) is 0 Å². The number of hydrogen-bond acceptors (Lipinski definition) is 4. The molecule has 0 radical (unpaired) electrons. The predicted molar refractivity (Wildman–Crippen MR) is 60.6 cm³/mol. The largest absolute Gasteiger partial charge is 0.493 e. The summed E-state index contributed by atoms with van der Waals surface area (Å²) in [7, 11) is 4.29. The molecule has 0 spiro atoms. The van der Waals surface area contributed by atoms with Gasteiger partial charge in [-0.05, 0) is 13.0 Å². The average Bonchev–Trinajstić information content (AvgIpc) is 2.29. The second kappa shape index (κ2) is 5.07. The molecule has 0 bridgehead atoms. The predicted octanol–water partition coefficient (Wildman–Crippen LogP) is 2.45. The van der Waals surface area contributed by atoms with Crippen LogP contribution in [-0.4, -0.2) is 27.3 Å². The normalized spacial score (nSPS) is 9.81. The van der Waals surface area contributed by atoms with E-state index in [-0.39, 0.29) is 0 Å². The second-order valence-corrected chi connectivity index (χ2v) is 3.50. The van der Waals surface area contributed by atoms with Gasteiger partial charge < -0.3 is 14.2 Å². The van der Waals surface area contributed by atoms with E-state index in [1.165, 1.54) is 27.4 Å². The smallest absolute Gasteiger partial charge is 0.338 e. The molecule has 4 nitrogen and oxygen atoms in total. The molecule has 0 aliphatic carbocycles. The summed E-state index contributed by atoms with van der Waals surface area (Å²) in [6, 6.07) is 1.50. The highest BCUT2D eigenvalue weighted by Crippen LogP contribution is 2.39. The molecule has 88 valence electrons. The van der Waals surface area contributed by atoms with Crippen LogP contribution in [0.15, 0.2) is 6.07 Å². The molecule has 0 aliphatic rings. The molecule has 1 aromatic carbocycles. The van der Waals surface area contributed by atoms with Gasteiger partial charge in [0.2, 0.25) is 0 Å². The van der Waals surface area contributed by atoms with Crippen molar-refractivity contribution in [1.82, 2.24) is 0 Å². The lowest BCUT2D eigenvalue weighted by atomic mass is 10.1. The molecule has 16 heavy (non-hydrogen) atoms. The number of benzene rings is 1. The summed E-state index contributed by atoms with van der Waals surface area (Å²) in [5, 5.41) is 0.311. The zero-order valence-corrected chi connectivity index (χ0v) is 10.3. The Balaban J connectivity index is 3.45. The van der Waals surface area contributed by atoms with E-state index in [0.29, 0.717) is 27.6 Å². The van der Waals surface area contributed by atoms with Crippen LogP contribution in [0.3, 0.4) is 0 Å². The monoisotopic (exact) mass is 244 g/mol. The van der Waals surface area contributed by atoms with E-state index >= 15 is 0 Å². The molecule has 0 saturated heterocycles. The fourth-order valence-corrected chi connectivity index (χ4v) is 1.73. The van der Waals surface area contributed by atoms with E-state index < -0.39 is 5.97 Å². The van der Waals surface area contributed by atoms with Gasteiger partial charge in [-0.3, -0.25) is 0 Å². The van der Waals surface area contributed by atoms with Crippen molar-refractivity contribution < 1.29 is 19.0 Å². The quantitative estimate of drug-likeness (QED) is 0.766. The van der Waals surface area contributed by atoms with E-state index in [1.807, 2.05) is 0 Å². The second-order valence-electron chi connectivity index (χ2n) is 3.09. The zero-order chi connectivity index (χ0) is 12.3. The highest BCUT2D eigenvalue weighted by Gasteiger charge is 2.20. The van der Waals surface area contributed by atoms with Crippen LogP contribution in [0.2, 0.25) is 5.02 Å². The van der Waals surface area contributed by atoms with Crippen molar-refractivity contribution in [3.8, 4) is 11.5 Å². The van der Waals surface area contributed by atoms with Crippen LogP contribution in [0.4, 0.5) is 0 Å². The number of halogens is 1. The van der Waals surface area contributed by atoms with Gasteiger partial charge in [-0.1, -0.05) is 11.6 Å². The Hall–Kier alpha value is -1.42. The fourth-order valence-electron chi connectivity index (χ4n) is 1.46. The Bertz CT molecular complexity index is 415. The fraction of sp³-hybridized carbons (Fsp3) is 0.364. The van der Waals surface area contributed by atoms with Crippen molar-refractivity contribution in [3.05, 3.63) is 22.2 Å². The first-order valence-corrected chi connectivity index (χ1v) is 4.94. The Kier molecular flexibility index (Phi) is 4.01. The molecule has 0 aromatic heterocycles. The Morgan fingerprint density at radius 3 is 2.19 bits per heavy atom. The number of carbonyl (C=O) groups excluding carboxylic acids is 1. The SMILES string of the molecule is COC(=O)c1cc(Cl)c(OC)c(OC)c1C. The highest BCUT2D eigenvalue weighted by molar-refractivity contribution is 6.32. The molecule has 0 atom stereocenters. The van der Waals surface area contributed by atoms with Crippen molar-refractivity contribution in [2.24, 2.45) is 0 Å². The van der Waals surface area contributed by atoms with Gasteiger partial charge >= 0.3 is 5.97 Å². The first-order valence-electron chi connectivity index (χ1n) is 4.56. The highest BCUT2D eigenvalue weighted by atomic mass is 35.5. The molecule has 0 fully saturated rings. The number of carbonyl (C=O) groups is 1. The van der Waals surface area contributed by atoms with Gasteiger partial charge in [-0.15, -0.1) is 0 Å². The summed E-state index contributed by atoms with van der Waals surface area (Å²) in [6.07, 6.45) is 0. The summed E-state index contributed by atoms with van der Waals surface area (Å²) < 4.78 is 14.9.